The summed E-state index contributed by atoms with van der Waals surface area (Å²) in [6.45, 7) is 2.88. The summed E-state index contributed by atoms with van der Waals surface area (Å²) in [7, 11) is 1.63. The van der Waals surface area contributed by atoms with Gasteiger partial charge in [-0.3, -0.25) is 0 Å². The summed E-state index contributed by atoms with van der Waals surface area (Å²) in [6, 6.07) is 11.5. The van der Waals surface area contributed by atoms with E-state index in [0.29, 0.717) is 10.0 Å². The van der Waals surface area contributed by atoms with Crippen molar-refractivity contribution in [2.75, 3.05) is 13.7 Å². The minimum Gasteiger partial charge on any atom is -0.497 e. The van der Waals surface area contributed by atoms with Crippen LogP contribution >= 0.6 is 39.1 Å². The molecule has 0 heterocycles. The maximum absolute atomic E-state index is 6.40. The zero-order valence-corrected chi connectivity index (χ0v) is 14.9. The Labute approximate surface area is 143 Å². The number of halogens is 3. The monoisotopic (exact) mass is 387 g/mol. The number of benzene rings is 2. The summed E-state index contributed by atoms with van der Waals surface area (Å²) in [6.07, 6.45) is 0. The van der Waals surface area contributed by atoms with E-state index in [1.807, 2.05) is 36.4 Å². The first-order chi connectivity index (χ1) is 10.0. The molecule has 0 saturated carbocycles. The predicted octanol–water partition coefficient (Wildman–Crippen LogP) is 5.46. The van der Waals surface area contributed by atoms with Crippen LogP contribution < -0.4 is 10.1 Å². The molecule has 0 aliphatic rings. The summed E-state index contributed by atoms with van der Waals surface area (Å²) in [5, 5.41) is 4.79. The van der Waals surface area contributed by atoms with Gasteiger partial charge in [0.2, 0.25) is 0 Å². The second-order valence-electron chi connectivity index (χ2n) is 4.58. The van der Waals surface area contributed by atoms with Crippen molar-refractivity contribution in [2.45, 2.75) is 13.0 Å². The van der Waals surface area contributed by atoms with E-state index in [1.165, 1.54) is 0 Å². The third-order valence-electron chi connectivity index (χ3n) is 3.15. The van der Waals surface area contributed by atoms with Crippen molar-refractivity contribution >= 4 is 39.1 Å². The SMILES string of the molecule is CCNC(c1cc(Cl)cc(Br)c1)c1ccc(OC)cc1Cl. The molecule has 112 valence electrons. The smallest absolute Gasteiger partial charge is 0.120 e. The van der Waals surface area contributed by atoms with Crippen molar-refractivity contribution in [3.63, 3.8) is 0 Å². The highest BCUT2D eigenvalue weighted by molar-refractivity contribution is 9.10. The van der Waals surface area contributed by atoms with Crippen molar-refractivity contribution in [2.24, 2.45) is 0 Å². The van der Waals surface area contributed by atoms with Crippen LogP contribution in [0.2, 0.25) is 10.0 Å². The molecule has 1 unspecified atom stereocenters. The summed E-state index contributed by atoms with van der Waals surface area (Å²) >= 11 is 16.0. The van der Waals surface area contributed by atoms with Gasteiger partial charge < -0.3 is 10.1 Å². The summed E-state index contributed by atoms with van der Waals surface area (Å²) in [5.41, 5.74) is 2.05. The molecule has 2 rings (SSSR count). The van der Waals surface area contributed by atoms with Crippen molar-refractivity contribution in [1.82, 2.24) is 5.32 Å². The molecule has 2 aromatic carbocycles. The fraction of sp³-hybridized carbons (Fsp3) is 0.250. The van der Waals surface area contributed by atoms with E-state index in [-0.39, 0.29) is 6.04 Å². The molecule has 0 amide bonds. The number of rotatable bonds is 5. The van der Waals surface area contributed by atoms with E-state index in [1.54, 1.807) is 7.11 Å². The number of nitrogens with one attached hydrogen (secondary N) is 1. The first kappa shape index (κ1) is 16.6. The molecule has 0 bridgehead atoms. The average molecular weight is 389 g/mol. The molecule has 0 spiro atoms. The van der Waals surface area contributed by atoms with Crippen molar-refractivity contribution in [3.8, 4) is 5.75 Å². The highest BCUT2D eigenvalue weighted by Gasteiger charge is 2.17. The zero-order chi connectivity index (χ0) is 15.4. The van der Waals surface area contributed by atoms with Gasteiger partial charge in [0.15, 0.2) is 0 Å². The Morgan fingerprint density at radius 1 is 1.19 bits per heavy atom. The van der Waals surface area contributed by atoms with Crippen LogP contribution in [-0.2, 0) is 0 Å². The average Bonchev–Trinajstić information content (AvgIpc) is 2.44. The standard InChI is InChI=1S/C16H16BrCl2NO/c1-3-20-16(10-6-11(17)8-12(18)7-10)14-5-4-13(21-2)9-15(14)19/h4-9,16,20H,3H2,1-2H3. The van der Waals surface area contributed by atoms with Crippen LogP contribution in [0.1, 0.15) is 24.1 Å². The summed E-state index contributed by atoms with van der Waals surface area (Å²) < 4.78 is 6.14. The second kappa shape index (κ2) is 7.50. The topological polar surface area (TPSA) is 21.3 Å². The minimum absolute atomic E-state index is 0.0246. The maximum Gasteiger partial charge on any atom is 0.120 e. The molecular formula is C16H16BrCl2NO. The van der Waals surface area contributed by atoms with E-state index in [4.69, 9.17) is 27.9 Å². The van der Waals surface area contributed by atoms with Crippen molar-refractivity contribution in [3.05, 3.63) is 62.0 Å². The number of hydrogen-bond acceptors (Lipinski definition) is 2. The highest BCUT2D eigenvalue weighted by Crippen LogP contribution is 2.33. The largest absolute Gasteiger partial charge is 0.497 e. The zero-order valence-electron chi connectivity index (χ0n) is 11.8. The van der Waals surface area contributed by atoms with E-state index in [2.05, 4.69) is 28.2 Å². The van der Waals surface area contributed by atoms with Gasteiger partial charge in [0.1, 0.15) is 5.75 Å². The van der Waals surface area contributed by atoms with Crippen LogP contribution in [0, 0.1) is 0 Å². The maximum atomic E-state index is 6.40. The molecule has 2 aromatic rings. The molecule has 1 atom stereocenters. The molecular weight excluding hydrogens is 373 g/mol. The highest BCUT2D eigenvalue weighted by atomic mass is 79.9. The number of methoxy groups -OCH3 is 1. The van der Waals surface area contributed by atoms with Crippen LogP contribution in [0.5, 0.6) is 5.75 Å². The Hall–Kier alpha value is -0.740. The summed E-state index contributed by atoms with van der Waals surface area (Å²) in [5.74, 6) is 0.742. The lowest BCUT2D eigenvalue weighted by Gasteiger charge is -2.21. The molecule has 0 aliphatic carbocycles. The number of ether oxygens (including phenoxy) is 1. The van der Waals surface area contributed by atoms with Gasteiger partial charge in [0.05, 0.1) is 13.2 Å². The molecule has 0 aromatic heterocycles. The fourth-order valence-electron chi connectivity index (χ4n) is 2.22. The van der Waals surface area contributed by atoms with Crippen molar-refractivity contribution < 1.29 is 4.74 Å². The quantitative estimate of drug-likeness (QED) is 0.733. The third kappa shape index (κ3) is 4.13. The Kier molecular flexibility index (Phi) is 5.94. The lowest BCUT2D eigenvalue weighted by atomic mass is 9.98. The van der Waals surface area contributed by atoms with Gasteiger partial charge in [-0.2, -0.15) is 0 Å². The van der Waals surface area contributed by atoms with E-state index < -0.39 is 0 Å². The van der Waals surface area contributed by atoms with Crippen LogP contribution in [0.15, 0.2) is 40.9 Å². The van der Waals surface area contributed by atoms with Crippen LogP contribution in [0.25, 0.3) is 0 Å². The van der Waals surface area contributed by atoms with Crippen LogP contribution in [0.3, 0.4) is 0 Å². The molecule has 0 radical (unpaired) electrons. The molecule has 0 aliphatic heterocycles. The first-order valence-corrected chi connectivity index (χ1v) is 8.13. The van der Waals surface area contributed by atoms with Gasteiger partial charge in [0, 0.05) is 14.5 Å². The van der Waals surface area contributed by atoms with Crippen LogP contribution in [0.4, 0.5) is 0 Å². The van der Waals surface area contributed by atoms with Gasteiger partial charge in [-0.05, 0) is 48.0 Å². The van der Waals surface area contributed by atoms with E-state index in [9.17, 15) is 0 Å². The fourth-order valence-corrected chi connectivity index (χ4v) is 3.39. The summed E-state index contributed by atoms with van der Waals surface area (Å²) in [4.78, 5) is 0. The lowest BCUT2D eigenvalue weighted by Crippen LogP contribution is -2.22. The van der Waals surface area contributed by atoms with Gasteiger partial charge >= 0.3 is 0 Å². The second-order valence-corrected chi connectivity index (χ2v) is 6.34. The number of hydrogen-bond donors (Lipinski definition) is 1. The Balaban J connectivity index is 2.47. The van der Waals surface area contributed by atoms with Gasteiger partial charge in [0.25, 0.3) is 0 Å². The Morgan fingerprint density at radius 2 is 1.95 bits per heavy atom. The van der Waals surface area contributed by atoms with Crippen LogP contribution in [-0.4, -0.2) is 13.7 Å². The Morgan fingerprint density at radius 3 is 2.52 bits per heavy atom. The predicted molar refractivity (Wildman–Crippen MR) is 92.7 cm³/mol. The minimum atomic E-state index is -0.0246. The lowest BCUT2D eigenvalue weighted by molar-refractivity contribution is 0.414. The van der Waals surface area contributed by atoms with Gasteiger partial charge in [-0.25, -0.2) is 0 Å². The van der Waals surface area contributed by atoms with Gasteiger partial charge in [-0.1, -0.05) is 52.1 Å². The first-order valence-electron chi connectivity index (χ1n) is 6.58. The van der Waals surface area contributed by atoms with E-state index in [0.717, 1.165) is 27.9 Å². The van der Waals surface area contributed by atoms with Crippen molar-refractivity contribution in [1.29, 1.82) is 0 Å². The normalized spacial score (nSPS) is 12.2. The molecule has 21 heavy (non-hydrogen) atoms. The third-order valence-corrected chi connectivity index (χ3v) is 4.15. The molecule has 0 saturated heterocycles. The van der Waals surface area contributed by atoms with Gasteiger partial charge in [-0.15, -0.1) is 0 Å². The Bertz CT molecular complexity index is 613. The molecule has 2 nitrogen and oxygen atoms in total. The molecule has 0 fully saturated rings. The molecule has 1 N–H and O–H groups in total. The molecule has 5 heteroatoms. The van der Waals surface area contributed by atoms with E-state index >= 15 is 0 Å².